The van der Waals surface area contributed by atoms with Gasteiger partial charge in [-0.2, -0.15) is 0 Å². The number of anilines is 1. The zero-order valence-electron chi connectivity index (χ0n) is 11.8. The Bertz CT molecular complexity index is 606. The number of halogens is 1. The Morgan fingerprint density at radius 2 is 1.85 bits per heavy atom. The fourth-order valence-electron chi connectivity index (χ4n) is 2.95. The molecule has 0 spiro atoms. The Labute approximate surface area is 124 Å². The summed E-state index contributed by atoms with van der Waals surface area (Å²) >= 11 is 6.02. The number of morpholine rings is 1. The Kier molecular flexibility index (Phi) is 3.81. The number of benzene rings is 1. The summed E-state index contributed by atoms with van der Waals surface area (Å²) < 4.78 is 5.80. The lowest BCUT2D eigenvalue weighted by Crippen LogP contribution is -2.45. The molecule has 0 radical (unpaired) electrons. The van der Waals surface area contributed by atoms with E-state index in [-0.39, 0.29) is 12.2 Å². The van der Waals surface area contributed by atoms with Crippen LogP contribution in [0.5, 0.6) is 0 Å². The molecule has 1 aliphatic heterocycles. The SMILES string of the molecule is C[C@@H]1CN(c2ncc(CCl)c3ccccc23)C[C@H](C)O1. The van der Waals surface area contributed by atoms with E-state index in [9.17, 15) is 0 Å². The van der Waals surface area contributed by atoms with E-state index >= 15 is 0 Å². The van der Waals surface area contributed by atoms with Gasteiger partial charge in [0.2, 0.25) is 0 Å². The standard InChI is InChI=1S/C16H19ClN2O/c1-11-9-19(10-12(2)20-11)16-15-6-4-3-5-14(15)13(7-17)8-18-16/h3-6,8,11-12H,7,9-10H2,1-2H3/t11-,12+. The number of pyridine rings is 1. The van der Waals surface area contributed by atoms with E-state index in [4.69, 9.17) is 16.3 Å². The van der Waals surface area contributed by atoms with Crippen LogP contribution in [0.1, 0.15) is 19.4 Å². The Morgan fingerprint density at radius 1 is 1.20 bits per heavy atom. The van der Waals surface area contributed by atoms with Gasteiger partial charge < -0.3 is 9.64 Å². The van der Waals surface area contributed by atoms with Crippen molar-refractivity contribution < 1.29 is 4.74 Å². The number of alkyl halides is 1. The first-order valence-electron chi connectivity index (χ1n) is 7.02. The third kappa shape index (κ3) is 2.48. The van der Waals surface area contributed by atoms with Gasteiger partial charge in [-0.1, -0.05) is 24.3 Å². The summed E-state index contributed by atoms with van der Waals surface area (Å²) in [7, 11) is 0. The average molecular weight is 291 g/mol. The van der Waals surface area contributed by atoms with Crippen LogP contribution in [0.4, 0.5) is 5.82 Å². The lowest BCUT2D eigenvalue weighted by molar-refractivity contribution is -0.00536. The lowest BCUT2D eigenvalue weighted by atomic mass is 10.1. The van der Waals surface area contributed by atoms with Crippen molar-refractivity contribution in [3.8, 4) is 0 Å². The highest BCUT2D eigenvalue weighted by Gasteiger charge is 2.24. The number of hydrogen-bond donors (Lipinski definition) is 0. The minimum absolute atomic E-state index is 0.229. The third-order valence-electron chi connectivity index (χ3n) is 3.72. The number of fused-ring (bicyclic) bond motifs is 1. The predicted molar refractivity (Wildman–Crippen MR) is 83.5 cm³/mol. The molecule has 4 heteroatoms. The molecule has 0 aliphatic carbocycles. The van der Waals surface area contributed by atoms with Crippen LogP contribution < -0.4 is 4.90 Å². The molecule has 3 rings (SSSR count). The number of nitrogens with zero attached hydrogens (tertiary/aromatic N) is 2. The molecule has 1 aliphatic rings. The maximum Gasteiger partial charge on any atom is 0.136 e. The Morgan fingerprint density at radius 3 is 2.50 bits per heavy atom. The minimum Gasteiger partial charge on any atom is -0.372 e. The molecule has 106 valence electrons. The normalized spacial score (nSPS) is 23.2. The molecule has 2 heterocycles. The largest absolute Gasteiger partial charge is 0.372 e. The zero-order valence-corrected chi connectivity index (χ0v) is 12.6. The molecule has 2 aromatic rings. The van der Waals surface area contributed by atoms with Crippen LogP contribution in [0.3, 0.4) is 0 Å². The van der Waals surface area contributed by atoms with Crippen molar-refractivity contribution in [3.05, 3.63) is 36.0 Å². The highest BCUT2D eigenvalue weighted by atomic mass is 35.5. The molecule has 1 aromatic carbocycles. The van der Waals surface area contributed by atoms with Crippen molar-refractivity contribution >= 4 is 28.2 Å². The van der Waals surface area contributed by atoms with Crippen molar-refractivity contribution in [2.75, 3.05) is 18.0 Å². The molecule has 0 unspecified atom stereocenters. The summed E-state index contributed by atoms with van der Waals surface area (Å²) in [5.41, 5.74) is 1.08. The second-order valence-corrected chi connectivity index (χ2v) is 5.72. The van der Waals surface area contributed by atoms with Crippen LogP contribution in [-0.4, -0.2) is 30.3 Å². The number of rotatable bonds is 2. The average Bonchev–Trinajstić information content (AvgIpc) is 2.45. The minimum atomic E-state index is 0.229. The van der Waals surface area contributed by atoms with Crippen LogP contribution in [0.25, 0.3) is 10.8 Å². The van der Waals surface area contributed by atoms with E-state index in [0.29, 0.717) is 5.88 Å². The molecule has 0 saturated carbocycles. The van der Waals surface area contributed by atoms with Gasteiger partial charge in [0.15, 0.2) is 0 Å². The molecular weight excluding hydrogens is 272 g/mol. The Hall–Kier alpha value is -1.32. The van der Waals surface area contributed by atoms with Crippen molar-refractivity contribution in [2.45, 2.75) is 31.9 Å². The number of hydrogen-bond acceptors (Lipinski definition) is 3. The van der Waals surface area contributed by atoms with E-state index in [0.717, 1.165) is 24.5 Å². The molecule has 20 heavy (non-hydrogen) atoms. The van der Waals surface area contributed by atoms with Crippen LogP contribution in [0.15, 0.2) is 30.5 Å². The second kappa shape index (κ2) is 5.58. The fourth-order valence-corrected chi connectivity index (χ4v) is 3.16. The highest BCUT2D eigenvalue weighted by Crippen LogP contribution is 2.29. The van der Waals surface area contributed by atoms with Crippen molar-refractivity contribution in [3.63, 3.8) is 0 Å². The van der Waals surface area contributed by atoms with E-state index < -0.39 is 0 Å². The molecule has 0 bridgehead atoms. The highest BCUT2D eigenvalue weighted by molar-refractivity contribution is 6.18. The van der Waals surface area contributed by atoms with Gasteiger partial charge in [-0.25, -0.2) is 4.98 Å². The van der Waals surface area contributed by atoms with Crippen LogP contribution >= 0.6 is 11.6 Å². The van der Waals surface area contributed by atoms with Gasteiger partial charge in [-0.3, -0.25) is 0 Å². The topological polar surface area (TPSA) is 25.4 Å². The first-order valence-corrected chi connectivity index (χ1v) is 7.55. The van der Waals surface area contributed by atoms with Gasteiger partial charge in [0, 0.05) is 30.6 Å². The summed E-state index contributed by atoms with van der Waals surface area (Å²) in [5.74, 6) is 1.53. The van der Waals surface area contributed by atoms with Crippen LogP contribution in [-0.2, 0) is 10.6 Å². The van der Waals surface area contributed by atoms with Gasteiger partial charge in [0.25, 0.3) is 0 Å². The lowest BCUT2D eigenvalue weighted by Gasteiger charge is -2.36. The summed E-state index contributed by atoms with van der Waals surface area (Å²) in [6.07, 6.45) is 2.36. The fraction of sp³-hybridized carbons (Fsp3) is 0.438. The summed E-state index contributed by atoms with van der Waals surface area (Å²) in [4.78, 5) is 6.97. The van der Waals surface area contributed by atoms with Gasteiger partial charge >= 0.3 is 0 Å². The molecule has 1 aromatic heterocycles. The predicted octanol–water partition coefficient (Wildman–Crippen LogP) is 3.59. The maximum atomic E-state index is 6.02. The van der Waals surface area contributed by atoms with Gasteiger partial charge in [-0.05, 0) is 24.8 Å². The van der Waals surface area contributed by atoms with Crippen LogP contribution in [0.2, 0.25) is 0 Å². The first kappa shape index (κ1) is 13.7. The summed E-state index contributed by atoms with van der Waals surface area (Å²) in [6.45, 7) is 5.97. The van der Waals surface area contributed by atoms with Crippen molar-refractivity contribution in [1.82, 2.24) is 4.98 Å². The Balaban J connectivity index is 2.08. The third-order valence-corrected chi connectivity index (χ3v) is 4.01. The van der Waals surface area contributed by atoms with Crippen molar-refractivity contribution in [2.24, 2.45) is 0 Å². The van der Waals surface area contributed by atoms with Gasteiger partial charge in [0.1, 0.15) is 5.82 Å². The molecule has 1 fully saturated rings. The quantitative estimate of drug-likeness (QED) is 0.791. The van der Waals surface area contributed by atoms with Crippen molar-refractivity contribution in [1.29, 1.82) is 0 Å². The molecule has 0 amide bonds. The molecule has 3 nitrogen and oxygen atoms in total. The molecular formula is C16H19ClN2O. The van der Waals surface area contributed by atoms with Gasteiger partial charge in [-0.15, -0.1) is 11.6 Å². The van der Waals surface area contributed by atoms with E-state index in [1.807, 2.05) is 12.3 Å². The molecule has 0 N–H and O–H groups in total. The van der Waals surface area contributed by atoms with Crippen LogP contribution in [0, 0.1) is 0 Å². The monoisotopic (exact) mass is 290 g/mol. The zero-order chi connectivity index (χ0) is 14.1. The second-order valence-electron chi connectivity index (χ2n) is 5.45. The van der Waals surface area contributed by atoms with E-state index in [1.165, 1.54) is 10.8 Å². The maximum absolute atomic E-state index is 6.02. The number of aromatic nitrogens is 1. The van der Waals surface area contributed by atoms with Gasteiger partial charge in [0.05, 0.1) is 12.2 Å². The van der Waals surface area contributed by atoms with E-state index in [1.54, 1.807) is 0 Å². The molecule has 1 saturated heterocycles. The first-order chi connectivity index (χ1) is 9.69. The smallest absolute Gasteiger partial charge is 0.136 e. The summed E-state index contributed by atoms with van der Waals surface area (Å²) in [6, 6.07) is 8.34. The number of ether oxygens (including phenoxy) is 1. The summed E-state index contributed by atoms with van der Waals surface area (Å²) in [5, 5.41) is 2.37. The van der Waals surface area contributed by atoms with E-state index in [2.05, 4.69) is 41.9 Å². The molecule has 2 atom stereocenters.